The highest BCUT2D eigenvalue weighted by atomic mass is 14.7. The third kappa shape index (κ3) is 1.87. The number of fused-ring (bicyclic) bond motifs is 1. The summed E-state index contributed by atoms with van der Waals surface area (Å²) in [5.74, 6) is 0. The number of hydrogen-bond acceptors (Lipinski definition) is 2. The van der Waals surface area contributed by atoms with Crippen LogP contribution in [0.1, 0.15) is 5.69 Å². The molecule has 2 N–H and O–H groups in total. The SMILES string of the molecule is NCc1nc2ccccc2cc1-c1ccccc1. The summed E-state index contributed by atoms with van der Waals surface area (Å²) in [6.07, 6.45) is 0. The van der Waals surface area contributed by atoms with Crippen molar-refractivity contribution in [2.45, 2.75) is 6.54 Å². The van der Waals surface area contributed by atoms with Crippen molar-refractivity contribution in [3.05, 3.63) is 66.4 Å². The second-order valence-electron chi connectivity index (χ2n) is 4.25. The van der Waals surface area contributed by atoms with Crippen LogP contribution < -0.4 is 5.73 Å². The zero-order chi connectivity index (χ0) is 12.4. The maximum Gasteiger partial charge on any atom is 0.0706 e. The van der Waals surface area contributed by atoms with Crippen LogP contribution in [0.4, 0.5) is 0 Å². The summed E-state index contributed by atoms with van der Waals surface area (Å²) in [6, 6.07) is 20.5. The first-order chi connectivity index (χ1) is 8.88. The highest BCUT2D eigenvalue weighted by Gasteiger charge is 2.07. The molecule has 3 aromatic rings. The van der Waals surface area contributed by atoms with E-state index < -0.39 is 0 Å². The average Bonchev–Trinajstić information content (AvgIpc) is 2.46. The summed E-state index contributed by atoms with van der Waals surface area (Å²) in [6.45, 7) is 0.453. The molecule has 2 nitrogen and oxygen atoms in total. The van der Waals surface area contributed by atoms with Crippen LogP contribution in [-0.2, 0) is 6.54 Å². The van der Waals surface area contributed by atoms with Crippen molar-refractivity contribution in [1.29, 1.82) is 0 Å². The molecule has 18 heavy (non-hydrogen) atoms. The van der Waals surface area contributed by atoms with Crippen molar-refractivity contribution in [2.24, 2.45) is 5.73 Å². The predicted octanol–water partition coefficient (Wildman–Crippen LogP) is 3.36. The zero-order valence-corrected chi connectivity index (χ0v) is 10.0. The van der Waals surface area contributed by atoms with Gasteiger partial charge in [0, 0.05) is 17.5 Å². The highest BCUT2D eigenvalue weighted by molar-refractivity contribution is 5.84. The van der Waals surface area contributed by atoms with Gasteiger partial charge < -0.3 is 5.73 Å². The number of rotatable bonds is 2. The largest absolute Gasteiger partial charge is 0.325 e. The molecule has 0 amide bonds. The van der Waals surface area contributed by atoms with Crippen LogP contribution in [0.3, 0.4) is 0 Å². The van der Waals surface area contributed by atoms with Crippen molar-refractivity contribution in [1.82, 2.24) is 4.98 Å². The summed E-state index contributed by atoms with van der Waals surface area (Å²) in [7, 11) is 0. The van der Waals surface area contributed by atoms with Gasteiger partial charge in [0.1, 0.15) is 0 Å². The molecule has 0 spiro atoms. The third-order valence-corrected chi connectivity index (χ3v) is 3.08. The van der Waals surface area contributed by atoms with Crippen LogP contribution in [-0.4, -0.2) is 4.98 Å². The molecule has 1 aromatic heterocycles. The van der Waals surface area contributed by atoms with Crippen molar-refractivity contribution in [3.8, 4) is 11.1 Å². The van der Waals surface area contributed by atoms with E-state index in [9.17, 15) is 0 Å². The molecule has 0 aliphatic carbocycles. The Bertz CT molecular complexity index is 675. The second kappa shape index (κ2) is 4.59. The minimum absolute atomic E-state index is 0.453. The van der Waals surface area contributed by atoms with Gasteiger partial charge >= 0.3 is 0 Å². The smallest absolute Gasteiger partial charge is 0.0706 e. The van der Waals surface area contributed by atoms with Crippen molar-refractivity contribution in [2.75, 3.05) is 0 Å². The molecule has 0 unspecified atom stereocenters. The quantitative estimate of drug-likeness (QED) is 0.738. The number of benzene rings is 2. The van der Waals surface area contributed by atoms with Crippen LogP contribution in [0.25, 0.3) is 22.0 Å². The fraction of sp³-hybridized carbons (Fsp3) is 0.0625. The molecular weight excluding hydrogens is 220 g/mol. The van der Waals surface area contributed by atoms with Gasteiger partial charge in [-0.3, -0.25) is 4.98 Å². The van der Waals surface area contributed by atoms with Crippen molar-refractivity contribution >= 4 is 10.9 Å². The van der Waals surface area contributed by atoms with Crippen LogP contribution >= 0.6 is 0 Å². The number of nitrogens with two attached hydrogens (primary N) is 1. The lowest BCUT2D eigenvalue weighted by molar-refractivity contribution is 1.01. The predicted molar refractivity (Wildman–Crippen MR) is 75.1 cm³/mol. The van der Waals surface area contributed by atoms with E-state index in [-0.39, 0.29) is 0 Å². The Morgan fingerprint density at radius 3 is 2.39 bits per heavy atom. The molecule has 1 heterocycles. The monoisotopic (exact) mass is 234 g/mol. The van der Waals surface area contributed by atoms with Gasteiger partial charge in [-0.25, -0.2) is 0 Å². The zero-order valence-electron chi connectivity index (χ0n) is 10.0. The Labute approximate surface area is 106 Å². The van der Waals surface area contributed by atoms with Gasteiger partial charge in [0.2, 0.25) is 0 Å². The number of hydrogen-bond donors (Lipinski definition) is 1. The molecule has 0 fully saturated rings. The number of aromatic nitrogens is 1. The standard InChI is InChI=1S/C16H14N2/c17-11-16-14(12-6-2-1-3-7-12)10-13-8-4-5-9-15(13)18-16/h1-10H,11,17H2. The molecule has 0 radical (unpaired) electrons. The summed E-state index contributed by atoms with van der Waals surface area (Å²) < 4.78 is 0. The number of nitrogens with zero attached hydrogens (tertiary/aromatic N) is 1. The van der Waals surface area contributed by atoms with E-state index in [2.05, 4.69) is 29.2 Å². The van der Waals surface area contributed by atoms with Crippen LogP contribution in [0, 0.1) is 0 Å². The molecule has 2 heteroatoms. The van der Waals surface area contributed by atoms with Crippen molar-refractivity contribution in [3.63, 3.8) is 0 Å². The van der Waals surface area contributed by atoms with Crippen LogP contribution in [0.5, 0.6) is 0 Å². The van der Waals surface area contributed by atoms with E-state index >= 15 is 0 Å². The number of para-hydroxylation sites is 1. The fourth-order valence-corrected chi connectivity index (χ4v) is 2.18. The Morgan fingerprint density at radius 1 is 0.889 bits per heavy atom. The molecule has 3 rings (SSSR count). The Morgan fingerprint density at radius 2 is 1.61 bits per heavy atom. The van der Waals surface area contributed by atoms with Gasteiger partial charge in [0.15, 0.2) is 0 Å². The topological polar surface area (TPSA) is 38.9 Å². The molecule has 0 aliphatic rings. The molecule has 0 saturated carbocycles. The lowest BCUT2D eigenvalue weighted by Gasteiger charge is -2.09. The third-order valence-electron chi connectivity index (χ3n) is 3.08. The van der Waals surface area contributed by atoms with Gasteiger partial charge in [-0.2, -0.15) is 0 Å². The molecule has 2 aromatic carbocycles. The number of pyridine rings is 1. The van der Waals surface area contributed by atoms with E-state index in [4.69, 9.17) is 5.73 Å². The average molecular weight is 234 g/mol. The van der Waals surface area contributed by atoms with Gasteiger partial charge in [0.25, 0.3) is 0 Å². The first kappa shape index (κ1) is 10.9. The first-order valence-corrected chi connectivity index (χ1v) is 6.02. The van der Waals surface area contributed by atoms with E-state index in [0.717, 1.165) is 27.7 Å². The molecule has 88 valence electrons. The summed E-state index contributed by atoms with van der Waals surface area (Å²) in [5.41, 5.74) is 10.0. The highest BCUT2D eigenvalue weighted by Crippen LogP contribution is 2.26. The van der Waals surface area contributed by atoms with E-state index in [1.807, 2.05) is 36.4 Å². The Balaban J connectivity index is 2.27. The molecule has 0 aliphatic heterocycles. The Kier molecular flexibility index (Phi) is 2.79. The Hall–Kier alpha value is -2.19. The lowest BCUT2D eigenvalue weighted by atomic mass is 10.0. The van der Waals surface area contributed by atoms with E-state index in [1.54, 1.807) is 0 Å². The van der Waals surface area contributed by atoms with E-state index in [0.29, 0.717) is 6.54 Å². The van der Waals surface area contributed by atoms with Gasteiger partial charge in [0.05, 0.1) is 11.2 Å². The first-order valence-electron chi connectivity index (χ1n) is 6.02. The molecule has 0 saturated heterocycles. The maximum absolute atomic E-state index is 5.82. The summed E-state index contributed by atoms with van der Waals surface area (Å²) in [4.78, 5) is 4.65. The minimum Gasteiger partial charge on any atom is -0.325 e. The molecular formula is C16H14N2. The van der Waals surface area contributed by atoms with E-state index in [1.165, 1.54) is 0 Å². The minimum atomic E-state index is 0.453. The second-order valence-corrected chi connectivity index (χ2v) is 4.25. The van der Waals surface area contributed by atoms with Gasteiger partial charge in [-0.05, 0) is 17.7 Å². The van der Waals surface area contributed by atoms with Gasteiger partial charge in [-0.15, -0.1) is 0 Å². The normalized spacial score (nSPS) is 10.7. The summed E-state index contributed by atoms with van der Waals surface area (Å²) >= 11 is 0. The van der Waals surface area contributed by atoms with Crippen LogP contribution in [0.2, 0.25) is 0 Å². The maximum atomic E-state index is 5.82. The lowest BCUT2D eigenvalue weighted by Crippen LogP contribution is -2.02. The van der Waals surface area contributed by atoms with Crippen molar-refractivity contribution < 1.29 is 0 Å². The van der Waals surface area contributed by atoms with Crippen LogP contribution in [0.15, 0.2) is 60.7 Å². The summed E-state index contributed by atoms with van der Waals surface area (Å²) in [5, 5.41) is 1.15. The molecule has 0 atom stereocenters. The molecule has 0 bridgehead atoms. The van der Waals surface area contributed by atoms with Gasteiger partial charge in [-0.1, -0.05) is 48.5 Å². The fourth-order valence-electron chi connectivity index (χ4n) is 2.18.